The molecule has 7 nitrogen and oxygen atoms in total. The number of halogens is 1. The fourth-order valence-electron chi connectivity index (χ4n) is 4.32. The van der Waals surface area contributed by atoms with Gasteiger partial charge < -0.3 is 15.5 Å². The Morgan fingerprint density at radius 3 is 2.34 bits per heavy atom. The van der Waals surface area contributed by atoms with Gasteiger partial charge >= 0.3 is 0 Å². The zero-order valence-electron chi connectivity index (χ0n) is 19.7. The molecule has 1 aliphatic rings. The standard InChI is InChI=1S/C27H28FN7/c1-29-20-12-16-35(17-13-20)21-8-6-19(7-9-21)18-26-30-14-10-24(33-26)32-25-11-15-31-27(34-25)22-4-2-3-5-23(22)28/h2-11,14-15,20,29H,12-13,16-18H2,1H3,(H,30,31,32,33,34). The lowest BCUT2D eigenvalue weighted by Gasteiger charge is -2.33. The normalized spacial score (nSPS) is 14.2. The molecule has 1 aliphatic heterocycles. The third-order valence-corrected chi connectivity index (χ3v) is 6.30. The first-order valence-electron chi connectivity index (χ1n) is 11.9. The second-order valence-electron chi connectivity index (χ2n) is 8.62. The molecule has 35 heavy (non-hydrogen) atoms. The molecule has 1 fully saturated rings. The van der Waals surface area contributed by atoms with Crippen LogP contribution in [0.1, 0.15) is 24.2 Å². The van der Waals surface area contributed by atoms with Crippen LogP contribution in [0.15, 0.2) is 73.1 Å². The van der Waals surface area contributed by atoms with E-state index in [-0.39, 0.29) is 5.82 Å². The van der Waals surface area contributed by atoms with E-state index in [1.54, 1.807) is 42.7 Å². The van der Waals surface area contributed by atoms with Crippen molar-refractivity contribution in [2.24, 2.45) is 0 Å². The van der Waals surface area contributed by atoms with E-state index in [1.165, 1.54) is 24.6 Å². The molecule has 1 saturated heterocycles. The average Bonchev–Trinajstić information content (AvgIpc) is 2.90. The number of anilines is 3. The van der Waals surface area contributed by atoms with Crippen LogP contribution < -0.4 is 15.5 Å². The third-order valence-electron chi connectivity index (χ3n) is 6.30. The average molecular weight is 470 g/mol. The van der Waals surface area contributed by atoms with E-state index in [4.69, 9.17) is 0 Å². The van der Waals surface area contributed by atoms with E-state index in [0.717, 1.165) is 18.7 Å². The monoisotopic (exact) mass is 469 g/mol. The zero-order valence-corrected chi connectivity index (χ0v) is 19.7. The molecule has 178 valence electrons. The molecular weight excluding hydrogens is 441 g/mol. The van der Waals surface area contributed by atoms with Crippen LogP contribution in [-0.4, -0.2) is 46.1 Å². The highest BCUT2D eigenvalue weighted by Gasteiger charge is 2.18. The zero-order chi connectivity index (χ0) is 24.0. The predicted octanol–water partition coefficient (Wildman–Crippen LogP) is 4.60. The first kappa shape index (κ1) is 22.9. The van der Waals surface area contributed by atoms with Gasteiger partial charge in [-0.25, -0.2) is 24.3 Å². The molecule has 2 aromatic carbocycles. The van der Waals surface area contributed by atoms with E-state index < -0.39 is 0 Å². The molecule has 5 rings (SSSR count). The van der Waals surface area contributed by atoms with Crippen LogP contribution in [-0.2, 0) is 6.42 Å². The van der Waals surface area contributed by atoms with Crippen LogP contribution in [0.5, 0.6) is 0 Å². The van der Waals surface area contributed by atoms with Gasteiger partial charge in [0.1, 0.15) is 23.3 Å². The van der Waals surface area contributed by atoms with E-state index >= 15 is 0 Å². The molecule has 0 saturated carbocycles. The summed E-state index contributed by atoms with van der Waals surface area (Å²) in [5.41, 5.74) is 2.77. The van der Waals surface area contributed by atoms with Crippen molar-refractivity contribution in [2.45, 2.75) is 25.3 Å². The molecule has 8 heteroatoms. The number of rotatable bonds is 7. The molecule has 0 aliphatic carbocycles. The van der Waals surface area contributed by atoms with Gasteiger partial charge in [0, 0.05) is 43.6 Å². The number of nitrogens with one attached hydrogen (secondary N) is 2. The molecular formula is C27H28FN7. The maximum atomic E-state index is 14.1. The molecule has 0 bridgehead atoms. The van der Waals surface area contributed by atoms with Gasteiger partial charge in [-0.05, 0) is 61.9 Å². The van der Waals surface area contributed by atoms with Crippen molar-refractivity contribution in [3.05, 3.63) is 90.3 Å². The molecule has 0 amide bonds. The summed E-state index contributed by atoms with van der Waals surface area (Å²) in [4.78, 5) is 20.2. The second-order valence-corrected chi connectivity index (χ2v) is 8.62. The Kier molecular flexibility index (Phi) is 6.90. The van der Waals surface area contributed by atoms with Crippen molar-refractivity contribution in [1.82, 2.24) is 25.3 Å². The highest BCUT2D eigenvalue weighted by Crippen LogP contribution is 2.23. The van der Waals surface area contributed by atoms with Crippen molar-refractivity contribution >= 4 is 17.3 Å². The van der Waals surface area contributed by atoms with Crippen LogP contribution in [0.3, 0.4) is 0 Å². The number of aromatic nitrogens is 4. The fraction of sp³-hybridized carbons (Fsp3) is 0.259. The Labute approximate surface area is 204 Å². The van der Waals surface area contributed by atoms with E-state index in [2.05, 4.69) is 59.7 Å². The van der Waals surface area contributed by atoms with Gasteiger partial charge in [0.25, 0.3) is 0 Å². The quantitative estimate of drug-likeness (QED) is 0.410. The summed E-state index contributed by atoms with van der Waals surface area (Å²) in [6.07, 6.45) is 6.29. The van der Waals surface area contributed by atoms with Gasteiger partial charge in [0.05, 0.1) is 5.56 Å². The summed E-state index contributed by atoms with van der Waals surface area (Å²) in [5, 5.41) is 6.56. The van der Waals surface area contributed by atoms with E-state index in [1.807, 2.05) is 7.05 Å². The van der Waals surface area contributed by atoms with E-state index in [9.17, 15) is 4.39 Å². The minimum Gasteiger partial charge on any atom is -0.371 e. The molecule has 2 N–H and O–H groups in total. The van der Waals surface area contributed by atoms with E-state index in [0.29, 0.717) is 41.3 Å². The SMILES string of the molecule is CNC1CCN(c2ccc(Cc3nccc(Nc4ccnc(-c5ccccc5F)n4)n3)cc2)CC1. The maximum Gasteiger partial charge on any atom is 0.164 e. The van der Waals surface area contributed by atoms with Gasteiger partial charge in [0.2, 0.25) is 0 Å². The lowest BCUT2D eigenvalue weighted by molar-refractivity contribution is 0.442. The largest absolute Gasteiger partial charge is 0.371 e. The Bertz CT molecular complexity index is 1270. The van der Waals surface area contributed by atoms with Gasteiger partial charge in [-0.2, -0.15) is 0 Å². The Morgan fingerprint density at radius 1 is 0.886 bits per heavy atom. The Balaban J connectivity index is 1.25. The molecule has 2 aromatic heterocycles. The minimum atomic E-state index is -0.359. The molecule has 3 heterocycles. The van der Waals surface area contributed by atoms with Gasteiger partial charge in [0.15, 0.2) is 5.82 Å². The Morgan fingerprint density at radius 2 is 1.60 bits per heavy atom. The molecule has 4 aromatic rings. The van der Waals surface area contributed by atoms with Crippen molar-refractivity contribution in [3.63, 3.8) is 0 Å². The van der Waals surface area contributed by atoms with Gasteiger partial charge in [-0.3, -0.25) is 0 Å². The van der Waals surface area contributed by atoms with Crippen LogP contribution >= 0.6 is 0 Å². The van der Waals surface area contributed by atoms with Gasteiger partial charge in [-0.15, -0.1) is 0 Å². The smallest absolute Gasteiger partial charge is 0.164 e. The van der Waals surface area contributed by atoms with Crippen LogP contribution in [0, 0.1) is 5.82 Å². The summed E-state index contributed by atoms with van der Waals surface area (Å²) in [5.74, 6) is 1.83. The number of nitrogens with zero attached hydrogens (tertiary/aromatic N) is 5. The highest BCUT2D eigenvalue weighted by atomic mass is 19.1. The number of piperidine rings is 1. The molecule has 0 radical (unpaired) electrons. The summed E-state index contributed by atoms with van der Waals surface area (Å²) in [7, 11) is 2.04. The summed E-state index contributed by atoms with van der Waals surface area (Å²) in [6.45, 7) is 2.15. The van der Waals surface area contributed by atoms with Crippen molar-refractivity contribution < 1.29 is 4.39 Å². The van der Waals surface area contributed by atoms with Crippen LogP contribution in [0.2, 0.25) is 0 Å². The summed E-state index contributed by atoms with van der Waals surface area (Å²) >= 11 is 0. The topological polar surface area (TPSA) is 78.9 Å². The van der Waals surface area contributed by atoms with Crippen LogP contribution in [0.4, 0.5) is 21.7 Å². The lowest BCUT2D eigenvalue weighted by Crippen LogP contribution is -2.41. The summed E-state index contributed by atoms with van der Waals surface area (Å²) < 4.78 is 14.1. The number of benzene rings is 2. The maximum absolute atomic E-state index is 14.1. The molecule has 0 spiro atoms. The number of hydrogen-bond donors (Lipinski definition) is 2. The minimum absolute atomic E-state index is 0.317. The Hall–Kier alpha value is -3.91. The van der Waals surface area contributed by atoms with Gasteiger partial charge in [-0.1, -0.05) is 24.3 Å². The molecule has 0 atom stereocenters. The second kappa shape index (κ2) is 10.6. The first-order chi connectivity index (χ1) is 17.2. The van der Waals surface area contributed by atoms with Crippen molar-refractivity contribution in [2.75, 3.05) is 30.4 Å². The highest BCUT2D eigenvalue weighted by molar-refractivity contribution is 5.59. The third kappa shape index (κ3) is 5.60. The summed E-state index contributed by atoms with van der Waals surface area (Å²) in [6, 6.07) is 19.3. The van der Waals surface area contributed by atoms with Crippen molar-refractivity contribution in [1.29, 1.82) is 0 Å². The molecule has 0 unspecified atom stereocenters. The fourth-order valence-corrected chi connectivity index (χ4v) is 4.32. The first-order valence-corrected chi connectivity index (χ1v) is 11.9. The van der Waals surface area contributed by atoms with Crippen LogP contribution in [0.25, 0.3) is 11.4 Å². The van der Waals surface area contributed by atoms with Crippen molar-refractivity contribution in [3.8, 4) is 11.4 Å². The number of hydrogen-bond acceptors (Lipinski definition) is 7. The predicted molar refractivity (Wildman–Crippen MR) is 136 cm³/mol. The lowest BCUT2D eigenvalue weighted by atomic mass is 10.0.